The maximum Gasteiger partial charge on any atom is 0.0700 e. The van der Waals surface area contributed by atoms with Crippen LogP contribution in [0.1, 0.15) is 90.9 Å². The van der Waals surface area contributed by atoms with Gasteiger partial charge in [-0.2, -0.15) is 0 Å². The second-order valence-electron chi connectivity index (χ2n) is 6.98. The van der Waals surface area contributed by atoms with Gasteiger partial charge in [0.2, 0.25) is 0 Å². The molecule has 0 amide bonds. The number of unbranched alkanes of at least 4 members (excludes halogenated alkanes) is 10. The number of rotatable bonds is 20. The molecule has 0 heterocycles. The Labute approximate surface area is 152 Å². The van der Waals surface area contributed by atoms with Crippen molar-refractivity contribution in [3.63, 3.8) is 0 Å². The van der Waals surface area contributed by atoms with E-state index in [4.69, 9.17) is 9.47 Å². The number of nitrogens with zero attached hydrogens (tertiary/aromatic N) is 1. The zero-order chi connectivity index (χ0) is 17.7. The van der Waals surface area contributed by atoms with Gasteiger partial charge in [0.15, 0.2) is 0 Å². The Balaban J connectivity index is 3.74. The molecule has 3 heteroatoms. The van der Waals surface area contributed by atoms with Gasteiger partial charge in [-0.25, -0.2) is 0 Å². The fourth-order valence-corrected chi connectivity index (χ4v) is 3.00. The molecule has 0 aromatic carbocycles. The van der Waals surface area contributed by atoms with Crippen LogP contribution in [0.15, 0.2) is 0 Å². The molecule has 0 N–H and O–H groups in total. The number of hydrogen-bond acceptors (Lipinski definition) is 3. The van der Waals surface area contributed by atoms with Crippen molar-refractivity contribution in [3.8, 4) is 0 Å². The van der Waals surface area contributed by atoms with Gasteiger partial charge in [-0.05, 0) is 25.9 Å². The van der Waals surface area contributed by atoms with E-state index < -0.39 is 0 Å². The van der Waals surface area contributed by atoms with E-state index in [0.717, 1.165) is 19.8 Å². The molecule has 0 spiro atoms. The van der Waals surface area contributed by atoms with Crippen molar-refractivity contribution < 1.29 is 9.47 Å². The third-order valence-corrected chi connectivity index (χ3v) is 4.64. The van der Waals surface area contributed by atoms with Gasteiger partial charge in [0.25, 0.3) is 0 Å². The molecule has 24 heavy (non-hydrogen) atoms. The van der Waals surface area contributed by atoms with Gasteiger partial charge in [-0.15, -0.1) is 0 Å². The Morgan fingerprint density at radius 2 is 1.04 bits per heavy atom. The summed E-state index contributed by atoms with van der Waals surface area (Å²) in [5.41, 5.74) is 0. The van der Waals surface area contributed by atoms with Crippen LogP contribution in [0.2, 0.25) is 0 Å². The molecule has 0 aliphatic rings. The minimum absolute atomic E-state index is 0.703. The quantitative estimate of drug-likeness (QED) is 0.266. The van der Waals surface area contributed by atoms with Crippen LogP contribution in [-0.4, -0.2) is 51.5 Å². The van der Waals surface area contributed by atoms with E-state index in [9.17, 15) is 0 Å². The summed E-state index contributed by atoms with van der Waals surface area (Å²) < 4.78 is 10.7. The molecule has 3 nitrogen and oxygen atoms in total. The van der Waals surface area contributed by atoms with Crippen LogP contribution in [0.5, 0.6) is 0 Å². The Morgan fingerprint density at radius 1 is 0.542 bits per heavy atom. The standard InChI is InChI=1S/C21H45NO2/c1-4-6-8-10-12-14-16-22(18-19-24-21-20-23-3)17-15-13-11-9-7-5-2/h4-21H2,1-3H3. The second kappa shape index (κ2) is 20.9. The summed E-state index contributed by atoms with van der Waals surface area (Å²) in [4.78, 5) is 2.62. The van der Waals surface area contributed by atoms with E-state index in [1.165, 1.54) is 90.1 Å². The maximum absolute atomic E-state index is 5.66. The van der Waals surface area contributed by atoms with E-state index in [0.29, 0.717) is 6.61 Å². The highest BCUT2D eigenvalue weighted by atomic mass is 16.5. The molecule has 0 fully saturated rings. The average Bonchev–Trinajstić information content (AvgIpc) is 2.60. The van der Waals surface area contributed by atoms with Gasteiger partial charge in [-0.1, -0.05) is 78.1 Å². The second-order valence-corrected chi connectivity index (χ2v) is 6.98. The molecule has 0 saturated heterocycles. The van der Waals surface area contributed by atoms with Crippen LogP contribution in [-0.2, 0) is 9.47 Å². The van der Waals surface area contributed by atoms with Crippen molar-refractivity contribution >= 4 is 0 Å². The monoisotopic (exact) mass is 343 g/mol. The van der Waals surface area contributed by atoms with Crippen molar-refractivity contribution in [1.29, 1.82) is 0 Å². The van der Waals surface area contributed by atoms with Crippen LogP contribution in [0.25, 0.3) is 0 Å². The third-order valence-electron chi connectivity index (χ3n) is 4.64. The van der Waals surface area contributed by atoms with Crippen molar-refractivity contribution in [3.05, 3.63) is 0 Å². The molecule has 0 saturated carbocycles. The zero-order valence-corrected chi connectivity index (χ0v) is 17.0. The average molecular weight is 344 g/mol. The summed E-state index contributed by atoms with van der Waals surface area (Å²) in [6.07, 6.45) is 16.6. The Morgan fingerprint density at radius 3 is 1.54 bits per heavy atom. The van der Waals surface area contributed by atoms with Crippen LogP contribution in [0, 0.1) is 0 Å². The number of ether oxygens (including phenoxy) is 2. The molecule has 0 aliphatic heterocycles. The lowest BCUT2D eigenvalue weighted by Gasteiger charge is -2.22. The van der Waals surface area contributed by atoms with Crippen LogP contribution >= 0.6 is 0 Å². The molecule has 0 unspecified atom stereocenters. The highest BCUT2D eigenvalue weighted by Crippen LogP contribution is 2.09. The van der Waals surface area contributed by atoms with Gasteiger partial charge in [0.05, 0.1) is 19.8 Å². The lowest BCUT2D eigenvalue weighted by Crippen LogP contribution is -2.30. The van der Waals surface area contributed by atoms with Gasteiger partial charge in [0.1, 0.15) is 0 Å². The fourth-order valence-electron chi connectivity index (χ4n) is 3.00. The third kappa shape index (κ3) is 18.2. The Kier molecular flexibility index (Phi) is 20.8. The summed E-state index contributed by atoms with van der Waals surface area (Å²) >= 11 is 0. The van der Waals surface area contributed by atoms with Gasteiger partial charge in [0, 0.05) is 13.7 Å². The molecular formula is C21H45NO2. The van der Waals surface area contributed by atoms with Gasteiger partial charge < -0.3 is 14.4 Å². The molecule has 0 aromatic rings. The number of methoxy groups -OCH3 is 1. The smallest absolute Gasteiger partial charge is 0.0700 e. The molecular weight excluding hydrogens is 298 g/mol. The van der Waals surface area contributed by atoms with Crippen LogP contribution < -0.4 is 0 Å². The first-order valence-electron chi connectivity index (χ1n) is 10.6. The van der Waals surface area contributed by atoms with Crippen molar-refractivity contribution in [2.45, 2.75) is 90.9 Å². The summed E-state index contributed by atoms with van der Waals surface area (Å²) in [7, 11) is 1.73. The number of hydrogen-bond donors (Lipinski definition) is 0. The van der Waals surface area contributed by atoms with Crippen molar-refractivity contribution in [1.82, 2.24) is 4.90 Å². The molecule has 0 aliphatic carbocycles. The highest BCUT2D eigenvalue weighted by molar-refractivity contribution is 4.59. The van der Waals surface area contributed by atoms with Crippen molar-refractivity contribution in [2.24, 2.45) is 0 Å². The summed E-state index contributed by atoms with van der Waals surface area (Å²) in [6, 6.07) is 0. The van der Waals surface area contributed by atoms with Gasteiger partial charge >= 0.3 is 0 Å². The zero-order valence-electron chi connectivity index (χ0n) is 17.0. The maximum atomic E-state index is 5.66. The predicted molar refractivity (Wildman–Crippen MR) is 106 cm³/mol. The first-order chi connectivity index (χ1) is 11.8. The topological polar surface area (TPSA) is 21.7 Å². The predicted octanol–water partition coefficient (Wildman–Crippen LogP) is 5.67. The minimum atomic E-state index is 0.703. The first kappa shape index (κ1) is 23.9. The van der Waals surface area contributed by atoms with Crippen LogP contribution in [0.3, 0.4) is 0 Å². The highest BCUT2D eigenvalue weighted by Gasteiger charge is 2.05. The lowest BCUT2D eigenvalue weighted by atomic mass is 10.1. The first-order valence-corrected chi connectivity index (χ1v) is 10.6. The molecule has 0 aromatic heterocycles. The van der Waals surface area contributed by atoms with Crippen molar-refractivity contribution in [2.75, 3.05) is 46.6 Å². The summed E-state index contributed by atoms with van der Waals surface area (Å²) in [5, 5.41) is 0. The van der Waals surface area contributed by atoms with E-state index in [-0.39, 0.29) is 0 Å². The normalized spacial score (nSPS) is 11.5. The lowest BCUT2D eigenvalue weighted by molar-refractivity contribution is 0.0565. The SMILES string of the molecule is CCCCCCCCN(CCCCCCCC)CCOCCOC. The summed E-state index contributed by atoms with van der Waals surface area (Å²) in [5.74, 6) is 0. The van der Waals surface area contributed by atoms with E-state index in [1.807, 2.05) is 0 Å². The molecule has 0 radical (unpaired) electrons. The molecule has 0 rings (SSSR count). The Hall–Kier alpha value is -0.120. The van der Waals surface area contributed by atoms with E-state index in [2.05, 4.69) is 18.7 Å². The molecule has 146 valence electrons. The fraction of sp³-hybridized carbons (Fsp3) is 1.00. The molecule has 0 atom stereocenters. The van der Waals surface area contributed by atoms with E-state index >= 15 is 0 Å². The molecule has 0 bridgehead atoms. The van der Waals surface area contributed by atoms with Gasteiger partial charge in [-0.3, -0.25) is 0 Å². The Bertz CT molecular complexity index is 208. The van der Waals surface area contributed by atoms with E-state index in [1.54, 1.807) is 7.11 Å². The summed E-state index contributed by atoms with van der Waals surface area (Å²) in [6.45, 7) is 10.4. The minimum Gasteiger partial charge on any atom is -0.382 e. The van der Waals surface area contributed by atoms with Crippen LogP contribution in [0.4, 0.5) is 0 Å². The largest absolute Gasteiger partial charge is 0.382 e.